The average Bonchev–Trinajstić information content (AvgIpc) is 3.11. The molecule has 2 aliphatic rings. The maximum absolute atomic E-state index is 12.6. The summed E-state index contributed by atoms with van der Waals surface area (Å²) >= 11 is 0. The van der Waals surface area contributed by atoms with E-state index in [1.54, 1.807) is 18.2 Å². The van der Waals surface area contributed by atoms with Crippen molar-refractivity contribution < 1.29 is 14.6 Å². The van der Waals surface area contributed by atoms with Gasteiger partial charge in [-0.25, -0.2) is 4.79 Å². The van der Waals surface area contributed by atoms with Crippen LogP contribution in [-0.4, -0.2) is 40.3 Å². The number of benzene rings is 1. The van der Waals surface area contributed by atoms with Gasteiger partial charge in [0.1, 0.15) is 11.3 Å². The highest BCUT2D eigenvalue weighted by Crippen LogP contribution is 2.49. The van der Waals surface area contributed by atoms with E-state index in [-0.39, 0.29) is 17.1 Å². The average molecular weight is 446 g/mol. The SMILES string of the molecule is C=CN(C)C(=C)C#Cc1cc2c(cc1OC)-c1cc(=O)c(C(=O)O)cn1N1[C@@H]2CCC1(C)C. The zero-order valence-electron chi connectivity index (χ0n) is 19.3. The number of pyridine rings is 1. The summed E-state index contributed by atoms with van der Waals surface area (Å²) in [6.07, 6.45) is 4.89. The molecule has 3 heterocycles. The minimum Gasteiger partial charge on any atom is -0.495 e. The van der Waals surface area contributed by atoms with Crippen molar-refractivity contribution in [2.45, 2.75) is 38.3 Å². The molecule has 1 N–H and O–H groups in total. The van der Waals surface area contributed by atoms with Gasteiger partial charge in [0.2, 0.25) is 0 Å². The number of aromatic carboxylic acids is 1. The van der Waals surface area contributed by atoms with E-state index < -0.39 is 11.4 Å². The van der Waals surface area contributed by atoms with Crippen LogP contribution in [0.25, 0.3) is 11.3 Å². The summed E-state index contributed by atoms with van der Waals surface area (Å²) in [7, 11) is 3.40. The molecule has 0 radical (unpaired) electrons. The van der Waals surface area contributed by atoms with Gasteiger partial charge in [-0.15, -0.1) is 0 Å². The largest absolute Gasteiger partial charge is 0.495 e. The van der Waals surface area contributed by atoms with E-state index in [1.165, 1.54) is 12.3 Å². The molecule has 0 unspecified atom stereocenters. The van der Waals surface area contributed by atoms with E-state index >= 15 is 0 Å². The maximum atomic E-state index is 12.6. The number of fused-ring (bicyclic) bond motifs is 6. The van der Waals surface area contributed by atoms with Crippen molar-refractivity contribution in [1.82, 2.24) is 9.58 Å². The quantitative estimate of drug-likeness (QED) is 0.723. The number of nitrogens with zero attached hydrogens (tertiary/aromatic N) is 3. The van der Waals surface area contributed by atoms with Gasteiger partial charge in [0.25, 0.3) is 0 Å². The van der Waals surface area contributed by atoms with Gasteiger partial charge in [-0.05, 0) is 56.5 Å². The summed E-state index contributed by atoms with van der Waals surface area (Å²) in [5.41, 5.74) is 2.84. The first-order chi connectivity index (χ1) is 15.6. The van der Waals surface area contributed by atoms with Gasteiger partial charge in [0.15, 0.2) is 5.43 Å². The molecule has 0 saturated carbocycles. The summed E-state index contributed by atoms with van der Waals surface area (Å²) in [4.78, 5) is 26.0. The van der Waals surface area contributed by atoms with Crippen molar-refractivity contribution in [2.24, 2.45) is 0 Å². The molecule has 2 aliphatic heterocycles. The fraction of sp³-hybridized carbons (Fsp3) is 0.308. The molecule has 4 rings (SSSR count). The molecule has 0 spiro atoms. The van der Waals surface area contributed by atoms with E-state index in [0.29, 0.717) is 17.1 Å². The third-order valence-corrected chi connectivity index (χ3v) is 6.49. The molecule has 0 aliphatic carbocycles. The third kappa shape index (κ3) is 3.58. The van der Waals surface area contributed by atoms with Crippen LogP contribution in [0.4, 0.5) is 0 Å². The van der Waals surface area contributed by atoms with Crippen molar-refractivity contribution in [3.8, 4) is 28.8 Å². The van der Waals surface area contributed by atoms with E-state index in [9.17, 15) is 14.7 Å². The van der Waals surface area contributed by atoms with Crippen LogP contribution in [0.3, 0.4) is 0 Å². The maximum Gasteiger partial charge on any atom is 0.341 e. The number of methoxy groups -OCH3 is 1. The van der Waals surface area contributed by atoms with Crippen molar-refractivity contribution in [1.29, 1.82) is 0 Å². The van der Waals surface area contributed by atoms with Crippen LogP contribution < -0.4 is 15.2 Å². The lowest BCUT2D eigenvalue weighted by atomic mass is 9.92. The molecule has 33 heavy (non-hydrogen) atoms. The van der Waals surface area contributed by atoms with Crippen molar-refractivity contribution in [2.75, 3.05) is 19.2 Å². The second kappa shape index (κ2) is 7.89. The Morgan fingerprint density at radius 2 is 2.09 bits per heavy atom. The Balaban J connectivity index is 1.96. The fourth-order valence-corrected chi connectivity index (χ4v) is 4.64. The molecule has 0 amide bonds. The predicted octanol–water partition coefficient (Wildman–Crippen LogP) is 3.73. The Labute approximate surface area is 193 Å². The molecule has 7 nitrogen and oxygen atoms in total. The van der Waals surface area contributed by atoms with Crippen LogP contribution in [0, 0.1) is 11.8 Å². The van der Waals surface area contributed by atoms with Crippen molar-refractivity contribution in [3.05, 3.63) is 76.4 Å². The standard InChI is InChI=1S/C26H27N3O4/c1-7-27(5)16(2)8-9-17-12-18-19(13-24(17)33-6)22-14-23(30)20(25(31)32)15-28(22)29-21(18)10-11-26(29,3)4/h7,12-15,21H,1-2,10-11H2,3-6H3,(H,31,32)/t21-/m1/s1. The first-order valence-corrected chi connectivity index (χ1v) is 10.7. The zero-order chi connectivity index (χ0) is 24.1. The second-order valence-electron chi connectivity index (χ2n) is 8.93. The Hall–Kier alpha value is -3.92. The number of hydrogen-bond donors (Lipinski definition) is 1. The Morgan fingerprint density at radius 3 is 2.73 bits per heavy atom. The number of carbonyl (C=O) groups is 1. The van der Waals surface area contributed by atoms with Crippen molar-refractivity contribution >= 4 is 5.97 Å². The number of allylic oxidation sites excluding steroid dienone is 1. The summed E-state index contributed by atoms with van der Waals surface area (Å²) in [6.45, 7) is 11.9. The molecule has 1 aromatic heterocycles. The number of carboxylic acid groups (broad SMARTS) is 1. The number of hydrogen-bond acceptors (Lipinski definition) is 5. The van der Waals surface area contributed by atoms with E-state index in [1.807, 2.05) is 23.9 Å². The Kier molecular flexibility index (Phi) is 5.33. The lowest BCUT2D eigenvalue weighted by Gasteiger charge is -2.44. The first-order valence-electron chi connectivity index (χ1n) is 10.7. The van der Waals surface area contributed by atoms with E-state index in [4.69, 9.17) is 4.74 Å². The highest BCUT2D eigenvalue weighted by Gasteiger charge is 2.45. The lowest BCUT2D eigenvalue weighted by Crippen LogP contribution is -2.50. The topological polar surface area (TPSA) is 75.0 Å². The van der Waals surface area contributed by atoms with Crippen LogP contribution in [0.1, 0.15) is 54.2 Å². The van der Waals surface area contributed by atoms with Gasteiger partial charge in [0.05, 0.1) is 35.6 Å². The molecule has 1 saturated heterocycles. The Morgan fingerprint density at radius 1 is 1.36 bits per heavy atom. The van der Waals surface area contributed by atoms with Gasteiger partial charge < -0.3 is 14.7 Å². The molecule has 170 valence electrons. The second-order valence-corrected chi connectivity index (χ2v) is 8.93. The van der Waals surface area contributed by atoms with E-state index in [2.05, 4.69) is 43.9 Å². The summed E-state index contributed by atoms with van der Waals surface area (Å²) in [6, 6.07) is 5.31. The van der Waals surface area contributed by atoms with Gasteiger partial charge in [-0.1, -0.05) is 19.1 Å². The molecule has 1 atom stereocenters. The molecular formula is C26H27N3O4. The van der Waals surface area contributed by atoms with Crippen LogP contribution in [0.2, 0.25) is 0 Å². The van der Waals surface area contributed by atoms with Crippen molar-refractivity contribution in [3.63, 3.8) is 0 Å². The minimum atomic E-state index is -1.23. The monoisotopic (exact) mass is 445 g/mol. The predicted molar refractivity (Wildman–Crippen MR) is 128 cm³/mol. The third-order valence-electron chi connectivity index (χ3n) is 6.49. The zero-order valence-corrected chi connectivity index (χ0v) is 19.3. The Bertz CT molecular complexity index is 1310. The lowest BCUT2D eigenvalue weighted by molar-refractivity contribution is 0.0694. The van der Waals surface area contributed by atoms with Gasteiger partial charge in [0, 0.05) is 24.9 Å². The summed E-state index contributed by atoms with van der Waals surface area (Å²) in [5.74, 6) is 5.55. The van der Waals surface area contributed by atoms with Crippen LogP contribution in [0.15, 0.2) is 54.2 Å². The smallest absolute Gasteiger partial charge is 0.341 e. The molecule has 1 aromatic carbocycles. The van der Waals surface area contributed by atoms with Crippen LogP contribution in [0.5, 0.6) is 5.75 Å². The molecular weight excluding hydrogens is 418 g/mol. The van der Waals surface area contributed by atoms with Crippen LogP contribution >= 0.6 is 0 Å². The van der Waals surface area contributed by atoms with Gasteiger partial charge in [-0.2, -0.15) is 0 Å². The molecule has 2 aromatic rings. The normalized spacial score (nSPS) is 17.1. The minimum absolute atomic E-state index is 0.0113. The number of carboxylic acids is 1. The molecule has 0 bridgehead atoms. The molecule has 7 heteroatoms. The summed E-state index contributed by atoms with van der Waals surface area (Å²) < 4.78 is 7.46. The fourth-order valence-electron chi connectivity index (χ4n) is 4.64. The number of ether oxygens (including phenoxy) is 1. The van der Waals surface area contributed by atoms with Crippen LogP contribution in [-0.2, 0) is 0 Å². The number of rotatable bonds is 4. The highest BCUT2D eigenvalue weighted by atomic mass is 16.5. The first kappa shape index (κ1) is 22.3. The van der Waals surface area contributed by atoms with E-state index in [0.717, 1.165) is 29.5 Å². The van der Waals surface area contributed by atoms with Gasteiger partial charge in [-0.3, -0.25) is 14.5 Å². The van der Waals surface area contributed by atoms with Gasteiger partial charge >= 0.3 is 5.97 Å². The molecule has 1 fully saturated rings. The summed E-state index contributed by atoms with van der Waals surface area (Å²) in [5, 5.41) is 11.7. The highest BCUT2D eigenvalue weighted by molar-refractivity contribution is 5.88. The number of aromatic nitrogens is 1.